The number of hydrogen-bond acceptors (Lipinski definition) is 3. The Balaban J connectivity index is 1.53. The summed E-state index contributed by atoms with van der Waals surface area (Å²) in [5.74, 6) is 0.767. The van der Waals surface area contributed by atoms with Crippen LogP contribution in [0, 0.1) is 29.1 Å². The lowest BCUT2D eigenvalue weighted by molar-refractivity contribution is -0.136. The van der Waals surface area contributed by atoms with Crippen LogP contribution in [0.4, 0.5) is 5.69 Å². The van der Waals surface area contributed by atoms with E-state index in [4.69, 9.17) is 5.26 Å². The van der Waals surface area contributed by atoms with Crippen molar-refractivity contribution in [2.45, 2.75) is 38.6 Å². The van der Waals surface area contributed by atoms with E-state index in [0.717, 1.165) is 5.92 Å². The average Bonchev–Trinajstić information content (AvgIpc) is 3.18. The Morgan fingerprint density at radius 3 is 2.48 bits per heavy atom. The molecule has 2 aliphatic rings. The molecule has 1 aromatic carbocycles. The van der Waals surface area contributed by atoms with E-state index in [9.17, 15) is 9.59 Å². The Bertz CT molecular complexity index is 647. The summed E-state index contributed by atoms with van der Waals surface area (Å²) in [6, 6.07) is 8.47. The molecule has 2 N–H and O–H groups in total. The van der Waals surface area contributed by atoms with Crippen LogP contribution in [-0.4, -0.2) is 17.9 Å². The van der Waals surface area contributed by atoms with Crippen LogP contribution < -0.4 is 10.6 Å². The van der Waals surface area contributed by atoms with E-state index < -0.39 is 11.8 Å². The van der Waals surface area contributed by atoms with Gasteiger partial charge >= 0.3 is 11.8 Å². The van der Waals surface area contributed by atoms with Crippen molar-refractivity contribution in [3.63, 3.8) is 0 Å². The number of benzene rings is 1. The van der Waals surface area contributed by atoms with Crippen LogP contribution in [0.1, 0.15) is 38.2 Å². The first-order chi connectivity index (χ1) is 11.1. The first-order valence-corrected chi connectivity index (χ1v) is 8.19. The maximum atomic E-state index is 12.1. The molecule has 2 bridgehead atoms. The lowest BCUT2D eigenvalue weighted by Crippen LogP contribution is -2.45. The number of anilines is 1. The molecule has 5 heteroatoms. The lowest BCUT2D eigenvalue weighted by Gasteiger charge is -2.28. The average molecular weight is 311 g/mol. The highest BCUT2D eigenvalue weighted by molar-refractivity contribution is 6.39. The first kappa shape index (κ1) is 15.5. The summed E-state index contributed by atoms with van der Waals surface area (Å²) in [6.45, 7) is 2.00. The van der Waals surface area contributed by atoms with E-state index in [1.54, 1.807) is 24.3 Å². The largest absolute Gasteiger partial charge is 0.345 e. The van der Waals surface area contributed by atoms with Gasteiger partial charge in [0.25, 0.3) is 0 Å². The van der Waals surface area contributed by atoms with Crippen LogP contribution in [0.3, 0.4) is 0 Å². The van der Waals surface area contributed by atoms with Crippen LogP contribution in [-0.2, 0) is 9.59 Å². The minimum Gasteiger partial charge on any atom is -0.345 e. The molecular formula is C18H21N3O2. The quantitative estimate of drug-likeness (QED) is 0.841. The van der Waals surface area contributed by atoms with Crippen molar-refractivity contribution in [2.24, 2.45) is 17.8 Å². The van der Waals surface area contributed by atoms with Crippen molar-refractivity contribution in [3.05, 3.63) is 29.8 Å². The third kappa shape index (κ3) is 3.37. The Morgan fingerprint density at radius 2 is 1.91 bits per heavy atom. The van der Waals surface area contributed by atoms with Gasteiger partial charge in [0.15, 0.2) is 0 Å². The van der Waals surface area contributed by atoms with Gasteiger partial charge in [-0.25, -0.2) is 0 Å². The number of carbonyl (C=O) groups excluding carboxylic acids is 2. The Morgan fingerprint density at radius 1 is 1.17 bits per heavy atom. The standard InChI is InChI=1S/C18H21N3O2/c1-11(16-9-13-2-5-14(16)8-13)20-17(22)18(23)21-15-6-3-12(10-19)4-7-15/h3-4,6-7,11,13-14,16H,2,5,8-9H2,1H3,(H,20,22)(H,21,23). The molecule has 0 saturated heterocycles. The van der Waals surface area contributed by atoms with E-state index in [1.807, 2.05) is 13.0 Å². The number of carbonyl (C=O) groups is 2. The zero-order chi connectivity index (χ0) is 16.4. The Hall–Kier alpha value is -2.35. The van der Waals surface area contributed by atoms with Crippen LogP contribution in [0.15, 0.2) is 24.3 Å². The number of rotatable bonds is 3. The summed E-state index contributed by atoms with van der Waals surface area (Å²) in [5.41, 5.74) is 1.02. The molecule has 0 aliphatic heterocycles. The highest BCUT2D eigenvalue weighted by atomic mass is 16.2. The topological polar surface area (TPSA) is 82.0 Å². The lowest BCUT2D eigenvalue weighted by atomic mass is 9.84. The van der Waals surface area contributed by atoms with Crippen LogP contribution in [0.5, 0.6) is 0 Å². The molecule has 4 atom stereocenters. The third-order valence-corrected chi connectivity index (χ3v) is 5.27. The first-order valence-electron chi connectivity index (χ1n) is 8.19. The molecule has 23 heavy (non-hydrogen) atoms. The van der Waals surface area contributed by atoms with Crippen LogP contribution >= 0.6 is 0 Å². The molecular weight excluding hydrogens is 290 g/mol. The third-order valence-electron chi connectivity index (χ3n) is 5.27. The molecule has 0 aromatic heterocycles. The molecule has 0 heterocycles. The van der Waals surface area contributed by atoms with Gasteiger partial charge in [-0.15, -0.1) is 0 Å². The molecule has 5 nitrogen and oxygen atoms in total. The molecule has 3 rings (SSSR count). The number of fused-ring (bicyclic) bond motifs is 2. The van der Waals surface area contributed by atoms with Crippen LogP contribution in [0.25, 0.3) is 0 Å². The zero-order valence-electron chi connectivity index (χ0n) is 13.2. The number of nitrogens with zero attached hydrogens (tertiary/aromatic N) is 1. The zero-order valence-corrected chi connectivity index (χ0v) is 13.2. The van der Waals surface area contributed by atoms with E-state index in [1.165, 1.54) is 25.7 Å². The number of amides is 2. The number of nitrogens with one attached hydrogen (secondary N) is 2. The van der Waals surface area contributed by atoms with Gasteiger partial charge in [0.05, 0.1) is 11.6 Å². The van der Waals surface area contributed by atoms with E-state index in [2.05, 4.69) is 10.6 Å². The Kier molecular flexibility index (Phi) is 4.33. The second-order valence-corrected chi connectivity index (χ2v) is 6.74. The van der Waals surface area contributed by atoms with Gasteiger partial charge in [-0.3, -0.25) is 9.59 Å². The summed E-state index contributed by atoms with van der Waals surface area (Å²) < 4.78 is 0. The molecule has 120 valence electrons. The minimum atomic E-state index is -0.662. The van der Waals surface area contributed by atoms with Crippen molar-refractivity contribution in [1.82, 2.24) is 5.32 Å². The molecule has 2 aliphatic carbocycles. The van der Waals surface area contributed by atoms with E-state index >= 15 is 0 Å². The predicted molar refractivity (Wildman–Crippen MR) is 86.3 cm³/mol. The van der Waals surface area contributed by atoms with Gasteiger partial charge in [-0.2, -0.15) is 5.26 Å². The highest BCUT2D eigenvalue weighted by Crippen LogP contribution is 2.49. The maximum absolute atomic E-state index is 12.1. The van der Waals surface area contributed by atoms with E-state index in [-0.39, 0.29) is 6.04 Å². The SMILES string of the molecule is CC(NC(=O)C(=O)Nc1ccc(C#N)cc1)C1CC2CCC1C2. The summed E-state index contributed by atoms with van der Waals surface area (Å²) in [6.07, 6.45) is 5.03. The number of hydrogen-bond donors (Lipinski definition) is 2. The molecule has 2 fully saturated rings. The highest BCUT2D eigenvalue weighted by Gasteiger charge is 2.42. The molecule has 0 radical (unpaired) electrons. The van der Waals surface area contributed by atoms with Gasteiger partial charge in [0, 0.05) is 11.7 Å². The predicted octanol–water partition coefficient (Wildman–Crippen LogP) is 2.44. The maximum Gasteiger partial charge on any atom is 0.313 e. The summed E-state index contributed by atoms with van der Waals surface area (Å²) in [5, 5.41) is 14.2. The smallest absolute Gasteiger partial charge is 0.313 e. The van der Waals surface area contributed by atoms with Crippen molar-refractivity contribution in [2.75, 3.05) is 5.32 Å². The monoisotopic (exact) mass is 311 g/mol. The van der Waals surface area contributed by atoms with E-state index in [0.29, 0.717) is 23.1 Å². The summed E-state index contributed by atoms with van der Waals surface area (Å²) in [7, 11) is 0. The normalized spacial score (nSPS) is 26.3. The van der Waals surface area contributed by atoms with Crippen molar-refractivity contribution in [1.29, 1.82) is 5.26 Å². The minimum absolute atomic E-state index is 0.0320. The fourth-order valence-electron chi connectivity index (χ4n) is 4.10. The van der Waals surface area contributed by atoms with Crippen molar-refractivity contribution < 1.29 is 9.59 Å². The van der Waals surface area contributed by atoms with Crippen molar-refractivity contribution >= 4 is 17.5 Å². The number of nitriles is 1. The molecule has 1 aromatic rings. The molecule has 2 saturated carbocycles. The summed E-state index contributed by atoms with van der Waals surface area (Å²) >= 11 is 0. The fraction of sp³-hybridized carbons (Fsp3) is 0.500. The van der Waals surface area contributed by atoms with Gasteiger partial charge < -0.3 is 10.6 Å². The van der Waals surface area contributed by atoms with Crippen molar-refractivity contribution in [3.8, 4) is 6.07 Å². The van der Waals surface area contributed by atoms with Gasteiger partial charge in [-0.1, -0.05) is 6.42 Å². The molecule has 4 unspecified atom stereocenters. The van der Waals surface area contributed by atoms with Crippen LogP contribution in [0.2, 0.25) is 0 Å². The fourth-order valence-corrected chi connectivity index (χ4v) is 4.10. The van der Waals surface area contributed by atoms with Gasteiger partial charge in [0.1, 0.15) is 0 Å². The second-order valence-electron chi connectivity index (χ2n) is 6.74. The summed E-state index contributed by atoms with van der Waals surface area (Å²) in [4.78, 5) is 24.1. The second kappa shape index (κ2) is 6.41. The van der Waals surface area contributed by atoms with Gasteiger partial charge in [0.2, 0.25) is 0 Å². The molecule has 0 spiro atoms. The molecule has 2 amide bonds. The Labute approximate surface area is 136 Å². The van der Waals surface area contributed by atoms with Gasteiger partial charge in [-0.05, 0) is 68.2 Å².